The molecule has 1 aromatic rings. The first-order valence-electron chi connectivity index (χ1n) is 6.45. The molecule has 7 heteroatoms. The molecular formula is C14H19F3N2O2. The lowest BCUT2D eigenvalue weighted by Gasteiger charge is -2.24. The minimum absolute atomic E-state index is 0.0486. The van der Waals surface area contributed by atoms with E-state index < -0.39 is 11.7 Å². The Hall–Kier alpha value is -1.92. The van der Waals surface area contributed by atoms with Gasteiger partial charge in [0.05, 0.1) is 11.3 Å². The predicted molar refractivity (Wildman–Crippen MR) is 73.9 cm³/mol. The molecule has 0 atom stereocenters. The van der Waals surface area contributed by atoms with Gasteiger partial charge in [0, 0.05) is 5.54 Å². The number of rotatable bonds is 5. The number of halogens is 3. The van der Waals surface area contributed by atoms with Gasteiger partial charge in [0.1, 0.15) is 5.75 Å². The van der Waals surface area contributed by atoms with Gasteiger partial charge in [0.2, 0.25) is 0 Å². The summed E-state index contributed by atoms with van der Waals surface area (Å²) in [7, 11) is 0. The molecule has 1 amide bonds. The van der Waals surface area contributed by atoms with E-state index in [2.05, 4.69) is 5.32 Å². The standard InChI is InChI=1S/C14H19F3N2O2/c1-4-13(2,3)19-12(20)8-21-11-6-5-9(7-10(11)18)14(15,16)17/h5-7H,4,8,18H2,1-3H3,(H,19,20). The van der Waals surface area contributed by atoms with Gasteiger partial charge >= 0.3 is 6.18 Å². The zero-order valence-electron chi connectivity index (χ0n) is 12.2. The van der Waals surface area contributed by atoms with E-state index in [0.717, 1.165) is 24.6 Å². The van der Waals surface area contributed by atoms with Crippen LogP contribution in [0.3, 0.4) is 0 Å². The van der Waals surface area contributed by atoms with Gasteiger partial charge in [-0.25, -0.2) is 0 Å². The molecule has 0 radical (unpaired) electrons. The van der Waals surface area contributed by atoms with E-state index >= 15 is 0 Å². The molecule has 0 aromatic heterocycles. The zero-order valence-corrected chi connectivity index (χ0v) is 12.2. The summed E-state index contributed by atoms with van der Waals surface area (Å²) in [5, 5.41) is 2.75. The van der Waals surface area contributed by atoms with Crippen LogP contribution in [0, 0.1) is 0 Å². The van der Waals surface area contributed by atoms with Crippen molar-refractivity contribution < 1.29 is 22.7 Å². The SMILES string of the molecule is CCC(C)(C)NC(=O)COc1ccc(C(F)(F)F)cc1N. The molecule has 1 aromatic carbocycles. The molecule has 3 N–H and O–H groups in total. The van der Waals surface area contributed by atoms with Crippen molar-refractivity contribution in [2.45, 2.75) is 38.9 Å². The van der Waals surface area contributed by atoms with E-state index in [1.165, 1.54) is 0 Å². The zero-order chi connectivity index (χ0) is 16.3. The summed E-state index contributed by atoms with van der Waals surface area (Å²) in [6.07, 6.45) is -3.73. The minimum atomic E-state index is -4.46. The van der Waals surface area contributed by atoms with Crippen molar-refractivity contribution in [3.05, 3.63) is 23.8 Å². The Morgan fingerprint density at radius 1 is 1.33 bits per heavy atom. The quantitative estimate of drug-likeness (QED) is 0.822. The second-order valence-corrected chi connectivity index (χ2v) is 5.32. The van der Waals surface area contributed by atoms with E-state index in [9.17, 15) is 18.0 Å². The number of nitrogens with two attached hydrogens (primary N) is 1. The smallest absolute Gasteiger partial charge is 0.416 e. The van der Waals surface area contributed by atoms with E-state index in [-0.39, 0.29) is 29.5 Å². The number of ether oxygens (including phenoxy) is 1. The Bertz CT molecular complexity index is 513. The lowest BCUT2D eigenvalue weighted by molar-refractivity contribution is -0.137. The number of hydrogen-bond acceptors (Lipinski definition) is 3. The van der Waals surface area contributed by atoms with Crippen LogP contribution in [-0.4, -0.2) is 18.1 Å². The Kier molecular flexibility index (Phi) is 5.09. The maximum absolute atomic E-state index is 12.5. The fourth-order valence-electron chi connectivity index (χ4n) is 1.50. The van der Waals surface area contributed by atoms with Crippen LogP contribution >= 0.6 is 0 Å². The Morgan fingerprint density at radius 3 is 2.43 bits per heavy atom. The third kappa shape index (κ3) is 5.17. The Morgan fingerprint density at radius 2 is 1.95 bits per heavy atom. The number of nitrogen functional groups attached to an aromatic ring is 1. The first-order valence-corrected chi connectivity index (χ1v) is 6.45. The number of anilines is 1. The molecule has 0 saturated heterocycles. The summed E-state index contributed by atoms with van der Waals surface area (Å²) in [6.45, 7) is 5.34. The summed E-state index contributed by atoms with van der Waals surface area (Å²) >= 11 is 0. The van der Waals surface area contributed by atoms with Gasteiger partial charge in [0.25, 0.3) is 5.91 Å². The Labute approximate surface area is 121 Å². The topological polar surface area (TPSA) is 64.3 Å². The van der Waals surface area contributed by atoms with Crippen molar-refractivity contribution in [3.63, 3.8) is 0 Å². The second kappa shape index (κ2) is 6.24. The number of hydrogen-bond donors (Lipinski definition) is 2. The van der Waals surface area contributed by atoms with Crippen LogP contribution in [0.4, 0.5) is 18.9 Å². The summed E-state index contributed by atoms with van der Waals surface area (Å²) < 4.78 is 42.6. The van der Waals surface area contributed by atoms with Crippen LogP contribution in [-0.2, 0) is 11.0 Å². The highest BCUT2D eigenvalue weighted by Crippen LogP contribution is 2.33. The van der Waals surface area contributed by atoms with E-state index in [1.807, 2.05) is 20.8 Å². The molecule has 118 valence electrons. The first kappa shape index (κ1) is 17.1. The molecule has 0 bridgehead atoms. The molecule has 1 rings (SSSR count). The van der Waals surface area contributed by atoms with Gasteiger partial charge in [-0.05, 0) is 38.5 Å². The van der Waals surface area contributed by atoms with Gasteiger partial charge in [-0.1, -0.05) is 6.92 Å². The third-order valence-corrected chi connectivity index (χ3v) is 3.06. The minimum Gasteiger partial charge on any atom is -0.482 e. The molecule has 0 saturated carbocycles. The van der Waals surface area contributed by atoms with Gasteiger partial charge in [-0.3, -0.25) is 4.79 Å². The fraction of sp³-hybridized carbons (Fsp3) is 0.500. The van der Waals surface area contributed by atoms with Crippen LogP contribution < -0.4 is 15.8 Å². The maximum Gasteiger partial charge on any atom is 0.416 e. The lowest BCUT2D eigenvalue weighted by Crippen LogP contribution is -2.44. The first-order chi connectivity index (χ1) is 9.55. The van der Waals surface area contributed by atoms with Crippen molar-refractivity contribution in [3.8, 4) is 5.75 Å². The molecular weight excluding hydrogens is 285 g/mol. The molecule has 0 unspecified atom stereocenters. The van der Waals surface area contributed by atoms with Crippen molar-refractivity contribution >= 4 is 11.6 Å². The summed E-state index contributed by atoms with van der Waals surface area (Å²) in [4.78, 5) is 11.7. The highest BCUT2D eigenvalue weighted by atomic mass is 19.4. The van der Waals surface area contributed by atoms with E-state index in [0.29, 0.717) is 0 Å². The summed E-state index contributed by atoms with van der Waals surface area (Å²) in [5.41, 5.74) is 4.11. The van der Waals surface area contributed by atoms with Gasteiger partial charge < -0.3 is 15.8 Å². The molecule has 0 aliphatic rings. The van der Waals surface area contributed by atoms with E-state index in [1.54, 1.807) is 0 Å². The van der Waals surface area contributed by atoms with Crippen molar-refractivity contribution in [1.29, 1.82) is 0 Å². The number of carbonyl (C=O) groups excluding carboxylic acids is 1. The molecule has 4 nitrogen and oxygen atoms in total. The average Bonchev–Trinajstić information content (AvgIpc) is 2.35. The van der Waals surface area contributed by atoms with Gasteiger partial charge in [-0.15, -0.1) is 0 Å². The highest BCUT2D eigenvalue weighted by Gasteiger charge is 2.31. The highest BCUT2D eigenvalue weighted by molar-refractivity contribution is 5.78. The fourth-order valence-corrected chi connectivity index (χ4v) is 1.50. The second-order valence-electron chi connectivity index (χ2n) is 5.32. The predicted octanol–water partition coefficient (Wildman–Crippen LogP) is 2.97. The van der Waals surface area contributed by atoms with Crippen LogP contribution in [0.25, 0.3) is 0 Å². The van der Waals surface area contributed by atoms with Crippen molar-refractivity contribution in [1.82, 2.24) is 5.32 Å². The third-order valence-electron chi connectivity index (χ3n) is 3.06. The molecule has 21 heavy (non-hydrogen) atoms. The molecule has 0 heterocycles. The van der Waals surface area contributed by atoms with Gasteiger partial charge in [0.15, 0.2) is 6.61 Å². The molecule has 0 spiro atoms. The molecule has 0 aliphatic carbocycles. The monoisotopic (exact) mass is 304 g/mol. The molecule has 0 aliphatic heterocycles. The Balaban J connectivity index is 2.67. The van der Waals surface area contributed by atoms with Crippen LogP contribution in [0.2, 0.25) is 0 Å². The van der Waals surface area contributed by atoms with Crippen molar-refractivity contribution in [2.75, 3.05) is 12.3 Å². The maximum atomic E-state index is 12.5. The number of nitrogens with one attached hydrogen (secondary N) is 1. The summed E-state index contributed by atoms with van der Waals surface area (Å²) in [6, 6.07) is 2.75. The van der Waals surface area contributed by atoms with Crippen LogP contribution in [0.15, 0.2) is 18.2 Å². The lowest BCUT2D eigenvalue weighted by atomic mass is 10.0. The largest absolute Gasteiger partial charge is 0.482 e. The van der Waals surface area contributed by atoms with Crippen LogP contribution in [0.5, 0.6) is 5.75 Å². The van der Waals surface area contributed by atoms with Crippen molar-refractivity contribution in [2.24, 2.45) is 0 Å². The van der Waals surface area contributed by atoms with Gasteiger partial charge in [-0.2, -0.15) is 13.2 Å². The number of benzene rings is 1. The summed E-state index contributed by atoms with van der Waals surface area (Å²) in [5.74, 6) is -0.311. The number of carbonyl (C=O) groups is 1. The number of amides is 1. The van der Waals surface area contributed by atoms with E-state index in [4.69, 9.17) is 10.5 Å². The van der Waals surface area contributed by atoms with Crippen LogP contribution in [0.1, 0.15) is 32.8 Å². The molecule has 0 fully saturated rings. The normalized spacial score (nSPS) is 12.1. The average molecular weight is 304 g/mol. The number of alkyl halides is 3.